The Morgan fingerprint density at radius 3 is 2.29 bits per heavy atom. The molecule has 0 aliphatic carbocycles. The molecule has 1 amide bonds. The maximum Gasteiger partial charge on any atom is 0.271 e. The molecule has 0 aromatic heterocycles. The van der Waals surface area contributed by atoms with Gasteiger partial charge in [-0.3, -0.25) is 4.79 Å². The van der Waals surface area contributed by atoms with Crippen molar-refractivity contribution in [1.29, 1.82) is 0 Å². The Hall–Kier alpha value is -2.81. The molecule has 3 aromatic carbocycles. The first-order valence-electron chi connectivity index (χ1n) is 10.1. The van der Waals surface area contributed by atoms with Crippen molar-refractivity contribution < 1.29 is 22.7 Å². The zero-order valence-electron chi connectivity index (χ0n) is 19.0. The summed E-state index contributed by atoms with van der Waals surface area (Å²) >= 11 is 9.35. The largest absolute Gasteiger partial charge is 0.493 e. The van der Waals surface area contributed by atoms with Crippen molar-refractivity contribution in [1.82, 2.24) is 0 Å². The maximum atomic E-state index is 13.6. The van der Waals surface area contributed by atoms with Crippen molar-refractivity contribution in [3.63, 3.8) is 0 Å². The highest BCUT2D eigenvalue weighted by atomic mass is 79.9. The van der Waals surface area contributed by atoms with Crippen LogP contribution in [0.3, 0.4) is 0 Å². The Kier molecular flexibility index (Phi) is 8.07. The molecule has 178 valence electrons. The number of nitrogens with zero attached hydrogens (tertiary/aromatic N) is 1. The normalized spacial score (nSPS) is 11.5. The van der Waals surface area contributed by atoms with Gasteiger partial charge >= 0.3 is 0 Å². The number of halogens is 2. The summed E-state index contributed by atoms with van der Waals surface area (Å²) in [4.78, 5) is 13.3. The molecular weight excluding hydrogens is 542 g/mol. The van der Waals surface area contributed by atoms with E-state index in [4.69, 9.17) is 21.1 Å². The van der Waals surface area contributed by atoms with Crippen LogP contribution in [0.4, 0.5) is 5.69 Å². The number of methoxy groups -OCH3 is 2. The standard InChI is InChI=1S/C25H23BrClNO5S/c1-16-5-6-17(2)22(13-16)28(34(30,31)20-10-8-19(27)9-11-20)24(29)12-7-18-14-21(26)25(33-4)23(15-18)32-3/h5-15H,1-4H3/b12-7+. The summed E-state index contributed by atoms with van der Waals surface area (Å²) in [6.07, 6.45) is 2.73. The van der Waals surface area contributed by atoms with Crippen molar-refractivity contribution in [2.45, 2.75) is 18.7 Å². The van der Waals surface area contributed by atoms with Crippen LogP contribution in [-0.4, -0.2) is 28.5 Å². The van der Waals surface area contributed by atoms with Gasteiger partial charge in [0.15, 0.2) is 11.5 Å². The van der Waals surface area contributed by atoms with E-state index in [1.54, 1.807) is 31.2 Å². The number of rotatable bonds is 7. The Morgan fingerprint density at radius 2 is 1.68 bits per heavy atom. The maximum absolute atomic E-state index is 13.6. The van der Waals surface area contributed by atoms with Crippen LogP contribution in [0, 0.1) is 13.8 Å². The van der Waals surface area contributed by atoms with Gasteiger partial charge in [-0.2, -0.15) is 4.31 Å². The van der Waals surface area contributed by atoms with Crippen LogP contribution in [0.25, 0.3) is 6.08 Å². The van der Waals surface area contributed by atoms with Gasteiger partial charge in [-0.1, -0.05) is 23.7 Å². The van der Waals surface area contributed by atoms with Gasteiger partial charge in [0.05, 0.1) is 29.3 Å². The molecule has 0 aliphatic heterocycles. The second-order valence-electron chi connectivity index (χ2n) is 7.42. The number of aryl methyl sites for hydroxylation is 2. The second kappa shape index (κ2) is 10.6. The highest BCUT2D eigenvalue weighted by Crippen LogP contribution is 2.37. The van der Waals surface area contributed by atoms with Crippen LogP contribution < -0.4 is 13.8 Å². The Balaban J connectivity index is 2.10. The first kappa shape index (κ1) is 25.8. The van der Waals surface area contributed by atoms with Crippen LogP contribution in [0.15, 0.2) is 70.0 Å². The van der Waals surface area contributed by atoms with E-state index in [-0.39, 0.29) is 10.6 Å². The van der Waals surface area contributed by atoms with Crippen LogP contribution in [-0.2, 0) is 14.8 Å². The van der Waals surface area contributed by atoms with E-state index in [2.05, 4.69) is 15.9 Å². The quantitative estimate of drug-likeness (QED) is 0.321. The first-order chi connectivity index (χ1) is 16.1. The summed E-state index contributed by atoms with van der Waals surface area (Å²) in [6.45, 7) is 3.58. The topological polar surface area (TPSA) is 72.9 Å². The zero-order valence-corrected chi connectivity index (χ0v) is 22.2. The third-order valence-electron chi connectivity index (χ3n) is 5.01. The van der Waals surface area contributed by atoms with Gasteiger partial charge in [0.1, 0.15) is 0 Å². The van der Waals surface area contributed by atoms with Crippen molar-refractivity contribution >= 4 is 55.2 Å². The predicted octanol–water partition coefficient (Wildman–Crippen LogP) is 6.17. The fraction of sp³-hybridized carbons (Fsp3) is 0.160. The molecule has 9 heteroatoms. The molecule has 0 atom stereocenters. The molecular formula is C25H23BrClNO5S. The summed E-state index contributed by atoms with van der Waals surface area (Å²) in [7, 11) is -1.20. The lowest BCUT2D eigenvalue weighted by Gasteiger charge is -2.23. The Bertz CT molecular complexity index is 1350. The Labute approximate surface area is 212 Å². The van der Waals surface area contributed by atoms with Gasteiger partial charge in [-0.05, 0) is 95.0 Å². The third-order valence-corrected chi connectivity index (χ3v) is 7.58. The molecule has 0 spiro atoms. The first-order valence-corrected chi connectivity index (χ1v) is 12.7. The van der Waals surface area contributed by atoms with Gasteiger partial charge in [-0.25, -0.2) is 8.42 Å². The number of carbonyl (C=O) groups excluding carboxylic acids is 1. The highest BCUT2D eigenvalue weighted by molar-refractivity contribution is 9.10. The van der Waals surface area contributed by atoms with Crippen LogP contribution in [0.2, 0.25) is 5.02 Å². The molecule has 0 saturated carbocycles. The third kappa shape index (κ3) is 5.46. The number of benzene rings is 3. The van der Waals surface area contributed by atoms with Crippen molar-refractivity contribution in [2.75, 3.05) is 18.5 Å². The number of hydrogen-bond donors (Lipinski definition) is 0. The average molecular weight is 565 g/mol. The molecule has 0 aliphatic rings. The fourth-order valence-corrected chi connectivity index (χ4v) is 5.48. The van der Waals surface area contributed by atoms with Crippen molar-refractivity contribution in [3.05, 3.63) is 86.9 Å². The van der Waals surface area contributed by atoms with E-state index < -0.39 is 15.9 Å². The molecule has 6 nitrogen and oxygen atoms in total. The van der Waals surface area contributed by atoms with Gasteiger partial charge in [0, 0.05) is 11.1 Å². The van der Waals surface area contributed by atoms with Crippen LogP contribution >= 0.6 is 27.5 Å². The van der Waals surface area contributed by atoms with E-state index in [0.29, 0.717) is 32.1 Å². The molecule has 0 bridgehead atoms. The molecule has 3 rings (SSSR count). The number of ether oxygens (including phenoxy) is 2. The van der Waals surface area contributed by atoms with E-state index in [1.165, 1.54) is 50.6 Å². The molecule has 3 aromatic rings. The number of amides is 1. The van der Waals surface area contributed by atoms with Crippen molar-refractivity contribution in [3.8, 4) is 11.5 Å². The zero-order chi connectivity index (χ0) is 25.0. The lowest BCUT2D eigenvalue weighted by Crippen LogP contribution is -2.36. The lowest BCUT2D eigenvalue weighted by molar-refractivity contribution is -0.113. The van der Waals surface area contributed by atoms with Gasteiger partial charge in [-0.15, -0.1) is 0 Å². The van der Waals surface area contributed by atoms with Crippen LogP contribution in [0.5, 0.6) is 11.5 Å². The smallest absolute Gasteiger partial charge is 0.271 e. The number of hydrogen-bond acceptors (Lipinski definition) is 5. The van der Waals surface area contributed by atoms with Crippen LogP contribution in [0.1, 0.15) is 16.7 Å². The Morgan fingerprint density at radius 1 is 1.00 bits per heavy atom. The van der Waals surface area contributed by atoms with E-state index in [0.717, 1.165) is 9.87 Å². The summed E-state index contributed by atoms with van der Waals surface area (Å²) in [6, 6.07) is 14.4. The predicted molar refractivity (Wildman–Crippen MR) is 138 cm³/mol. The molecule has 0 N–H and O–H groups in total. The van der Waals surface area contributed by atoms with E-state index >= 15 is 0 Å². The molecule has 0 saturated heterocycles. The van der Waals surface area contributed by atoms with Gasteiger partial charge in [0.25, 0.3) is 15.9 Å². The molecule has 0 unspecified atom stereocenters. The minimum absolute atomic E-state index is 0.0478. The average Bonchev–Trinajstić information content (AvgIpc) is 2.79. The monoisotopic (exact) mass is 563 g/mol. The molecule has 0 fully saturated rings. The van der Waals surface area contributed by atoms with Crippen molar-refractivity contribution in [2.24, 2.45) is 0 Å². The summed E-state index contributed by atoms with van der Waals surface area (Å²) in [5, 5.41) is 0.391. The highest BCUT2D eigenvalue weighted by Gasteiger charge is 2.31. The molecule has 0 radical (unpaired) electrons. The lowest BCUT2D eigenvalue weighted by atomic mass is 10.1. The SMILES string of the molecule is COc1cc(/C=C/C(=O)N(c2cc(C)ccc2C)S(=O)(=O)c2ccc(Cl)cc2)cc(Br)c1OC. The molecule has 0 heterocycles. The van der Waals surface area contributed by atoms with Gasteiger partial charge < -0.3 is 9.47 Å². The number of anilines is 1. The van der Waals surface area contributed by atoms with E-state index in [9.17, 15) is 13.2 Å². The summed E-state index contributed by atoms with van der Waals surface area (Å²) < 4.78 is 39.3. The van der Waals surface area contributed by atoms with Gasteiger partial charge in [0.2, 0.25) is 0 Å². The summed E-state index contributed by atoms with van der Waals surface area (Å²) in [5.74, 6) is 0.243. The second-order valence-corrected chi connectivity index (χ2v) is 10.5. The minimum Gasteiger partial charge on any atom is -0.493 e. The fourth-order valence-electron chi connectivity index (χ4n) is 3.29. The number of sulfonamides is 1. The number of carbonyl (C=O) groups is 1. The van der Waals surface area contributed by atoms with E-state index in [1.807, 2.05) is 13.0 Å². The summed E-state index contributed by atoms with van der Waals surface area (Å²) in [5.41, 5.74) is 2.34. The minimum atomic E-state index is -4.23. The molecule has 34 heavy (non-hydrogen) atoms.